The molecule has 6 heteroatoms. The molecule has 2 amide bonds. The fourth-order valence-electron chi connectivity index (χ4n) is 4.57. The zero-order valence-corrected chi connectivity index (χ0v) is 17.2. The highest BCUT2D eigenvalue weighted by atomic mass is 16.5. The summed E-state index contributed by atoms with van der Waals surface area (Å²) in [7, 11) is 1.64. The molecule has 2 aliphatic rings. The Morgan fingerprint density at radius 1 is 1.10 bits per heavy atom. The Kier molecular flexibility index (Phi) is 5.72. The largest absolute Gasteiger partial charge is 0.496 e. The number of carbonyl (C=O) groups is 2. The van der Waals surface area contributed by atoms with Crippen molar-refractivity contribution in [1.82, 2.24) is 15.1 Å². The van der Waals surface area contributed by atoms with Crippen LogP contribution >= 0.6 is 0 Å². The molecule has 0 aromatic heterocycles. The van der Waals surface area contributed by atoms with Crippen molar-refractivity contribution in [3.63, 3.8) is 0 Å². The highest BCUT2D eigenvalue weighted by Gasteiger charge is 2.34. The summed E-state index contributed by atoms with van der Waals surface area (Å²) in [6.07, 6.45) is 1.71. The number of hydrogen-bond donors (Lipinski definition) is 1. The summed E-state index contributed by atoms with van der Waals surface area (Å²) in [4.78, 5) is 30.3. The zero-order chi connectivity index (χ0) is 20.4. The molecule has 2 atom stereocenters. The second-order valence-corrected chi connectivity index (χ2v) is 8.04. The van der Waals surface area contributed by atoms with E-state index >= 15 is 0 Å². The van der Waals surface area contributed by atoms with Gasteiger partial charge in [-0.1, -0.05) is 24.3 Å². The van der Waals surface area contributed by atoms with E-state index in [1.165, 1.54) is 0 Å². The molecule has 154 valence electrons. The van der Waals surface area contributed by atoms with Crippen molar-refractivity contribution in [2.75, 3.05) is 39.8 Å². The van der Waals surface area contributed by atoms with Gasteiger partial charge in [0.1, 0.15) is 5.75 Å². The first-order valence-electron chi connectivity index (χ1n) is 10.5. The molecule has 2 aliphatic heterocycles. The molecule has 29 heavy (non-hydrogen) atoms. The number of piperazine rings is 1. The normalized spacial score (nSPS) is 22.6. The van der Waals surface area contributed by atoms with E-state index < -0.39 is 0 Å². The highest BCUT2D eigenvalue weighted by Crippen LogP contribution is 2.30. The fraction of sp³-hybridized carbons (Fsp3) is 0.478. The molecule has 2 fully saturated rings. The van der Waals surface area contributed by atoms with E-state index in [9.17, 15) is 9.59 Å². The maximum absolute atomic E-state index is 13.4. The minimum absolute atomic E-state index is 0.00490. The van der Waals surface area contributed by atoms with Crippen LogP contribution < -0.4 is 10.1 Å². The summed E-state index contributed by atoms with van der Waals surface area (Å²) >= 11 is 0. The van der Waals surface area contributed by atoms with Crippen LogP contribution in [0.2, 0.25) is 0 Å². The first kappa shape index (κ1) is 19.7. The molecule has 1 N–H and O–H groups in total. The SMILES string of the molecule is COc1ccc(C(=O)N2CCCC(C(=O)N3CCNC[C@H]3C)C2)c2ccccc12. The van der Waals surface area contributed by atoms with E-state index in [4.69, 9.17) is 4.74 Å². The third-order valence-electron chi connectivity index (χ3n) is 6.18. The van der Waals surface area contributed by atoms with Gasteiger partial charge in [-0.2, -0.15) is 0 Å². The fourth-order valence-corrected chi connectivity index (χ4v) is 4.57. The lowest BCUT2D eigenvalue weighted by Crippen LogP contribution is -2.55. The van der Waals surface area contributed by atoms with E-state index in [0.717, 1.165) is 49.0 Å². The number of nitrogens with zero attached hydrogens (tertiary/aromatic N) is 2. The number of rotatable bonds is 3. The van der Waals surface area contributed by atoms with Gasteiger partial charge in [0.2, 0.25) is 5.91 Å². The number of carbonyl (C=O) groups excluding carboxylic acids is 2. The second kappa shape index (κ2) is 8.41. The summed E-state index contributed by atoms with van der Waals surface area (Å²) in [5.74, 6) is 0.833. The third-order valence-corrected chi connectivity index (χ3v) is 6.18. The van der Waals surface area contributed by atoms with Gasteiger partial charge >= 0.3 is 0 Å². The summed E-state index contributed by atoms with van der Waals surface area (Å²) in [5, 5.41) is 5.15. The number of piperidine rings is 1. The van der Waals surface area contributed by atoms with E-state index in [-0.39, 0.29) is 23.8 Å². The molecule has 2 aromatic rings. The predicted molar refractivity (Wildman–Crippen MR) is 113 cm³/mol. The maximum Gasteiger partial charge on any atom is 0.254 e. The number of likely N-dealkylation sites (tertiary alicyclic amines) is 1. The number of ether oxygens (including phenoxy) is 1. The van der Waals surface area contributed by atoms with Gasteiger partial charge in [-0.25, -0.2) is 0 Å². The second-order valence-electron chi connectivity index (χ2n) is 8.04. The first-order valence-corrected chi connectivity index (χ1v) is 10.5. The zero-order valence-electron chi connectivity index (χ0n) is 17.2. The van der Waals surface area contributed by atoms with E-state index in [1.54, 1.807) is 7.11 Å². The van der Waals surface area contributed by atoms with Gasteiger partial charge in [-0.05, 0) is 37.3 Å². The van der Waals surface area contributed by atoms with Crippen molar-refractivity contribution in [2.45, 2.75) is 25.8 Å². The Morgan fingerprint density at radius 2 is 1.90 bits per heavy atom. The van der Waals surface area contributed by atoms with Crippen molar-refractivity contribution >= 4 is 22.6 Å². The van der Waals surface area contributed by atoms with Crippen LogP contribution in [0.15, 0.2) is 36.4 Å². The summed E-state index contributed by atoms with van der Waals surface area (Å²) in [5.41, 5.74) is 0.671. The molecule has 4 rings (SSSR count). The van der Waals surface area contributed by atoms with Crippen molar-refractivity contribution < 1.29 is 14.3 Å². The Bertz CT molecular complexity index is 913. The van der Waals surface area contributed by atoms with Gasteiger partial charge in [0.15, 0.2) is 0 Å². The van der Waals surface area contributed by atoms with Gasteiger partial charge in [-0.15, -0.1) is 0 Å². The summed E-state index contributed by atoms with van der Waals surface area (Å²) in [6, 6.07) is 11.7. The Balaban J connectivity index is 1.55. The molecule has 0 saturated carbocycles. The van der Waals surface area contributed by atoms with Gasteiger partial charge in [0, 0.05) is 49.7 Å². The molecule has 1 unspecified atom stereocenters. The molecule has 2 saturated heterocycles. The quantitative estimate of drug-likeness (QED) is 0.868. The Hall–Kier alpha value is -2.60. The lowest BCUT2D eigenvalue weighted by Gasteiger charge is -2.39. The third kappa shape index (κ3) is 3.81. The monoisotopic (exact) mass is 395 g/mol. The minimum Gasteiger partial charge on any atom is -0.496 e. The lowest BCUT2D eigenvalue weighted by molar-refractivity contribution is -0.139. The smallest absolute Gasteiger partial charge is 0.254 e. The lowest BCUT2D eigenvalue weighted by atomic mass is 9.94. The molecular weight excluding hydrogens is 366 g/mol. The number of fused-ring (bicyclic) bond motifs is 1. The Labute approximate surface area is 171 Å². The number of hydrogen-bond acceptors (Lipinski definition) is 4. The van der Waals surface area contributed by atoms with Gasteiger partial charge in [0.05, 0.1) is 13.0 Å². The topological polar surface area (TPSA) is 61.9 Å². The number of methoxy groups -OCH3 is 1. The van der Waals surface area contributed by atoms with Gasteiger partial charge < -0.3 is 19.9 Å². The van der Waals surface area contributed by atoms with E-state index in [2.05, 4.69) is 12.2 Å². The van der Waals surface area contributed by atoms with Crippen LogP contribution in [0.3, 0.4) is 0 Å². The van der Waals surface area contributed by atoms with Gasteiger partial charge in [0.25, 0.3) is 5.91 Å². The van der Waals surface area contributed by atoms with E-state index in [1.807, 2.05) is 46.2 Å². The predicted octanol–water partition coefficient (Wildman–Crippen LogP) is 2.52. The molecule has 6 nitrogen and oxygen atoms in total. The van der Waals surface area contributed by atoms with E-state index in [0.29, 0.717) is 18.7 Å². The van der Waals surface area contributed by atoms with Crippen molar-refractivity contribution in [3.05, 3.63) is 42.0 Å². The van der Waals surface area contributed by atoms with Crippen LogP contribution in [-0.2, 0) is 4.79 Å². The van der Waals surface area contributed by atoms with Crippen molar-refractivity contribution in [3.8, 4) is 5.75 Å². The molecule has 0 bridgehead atoms. The van der Waals surface area contributed by atoms with Crippen LogP contribution in [0.5, 0.6) is 5.75 Å². The summed E-state index contributed by atoms with van der Waals surface area (Å²) in [6.45, 7) is 5.68. The number of nitrogens with one attached hydrogen (secondary N) is 1. The van der Waals surface area contributed by atoms with Crippen LogP contribution in [-0.4, -0.2) is 67.5 Å². The van der Waals surface area contributed by atoms with Crippen molar-refractivity contribution in [2.24, 2.45) is 5.92 Å². The van der Waals surface area contributed by atoms with Crippen LogP contribution in [0, 0.1) is 5.92 Å². The average Bonchev–Trinajstić information content (AvgIpc) is 2.78. The molecule has 2 aromatic carbocycles. The summed E-state index contributed by atoms with van der Waals surface area (Å²) < 4.78 is 5.45. The average molecular weight is 396 g/mol. The highest BCUT2D eigenvalue weighted by molar-refractivity contribution is 6.08. The maximum atomic E-state index is 13.4. The van der Waals surface area contributed by atoms with Crippen LogP contribution in [0.25, 0.3) is 10.8 Å². The molecule has 2 heterocycles. The standard InChI is InChI=1S/C23H29N3O3/c1-16-14-24-11-13-26(16)22(27)17-6-5-12-25(15-17)23(28)20-9-10-21(29-2)19-8-4-3-7-18(19)20/h3-4,7-10,16-17,24H,5-6,11-15H2,1-2H3/t16-,17?/m1/s1. The first-order chi connectivity index (χ1) is 14.1. The Morgan fingerprint density at radius 3 is 2.66 bits per heavy atom. The van der Waals surface area contributed by atoms with Gasteiger partial charge in [-0.3, -0.25) is 9.59 Å². The van der Waals surface area contributed by atoms with Crippen molar-refractivity contribution in [1.29, 1.82) is 0 Å². The van der Waals surface area contributed by atoms with Crippen LogP contribution in [0.1, 0.15) is 30.1 Å². The molecule has 0 spiro atoms. The molecule has 0 radical (unpaired) electrons. The van der Waals surface area contributed by atoms with Crippen LogP contribution in [0.4, 0.5) is 0 Å². The number of amides is 2. The molecular formula is C23H29N3O3. The number of benzene rings is 2. The molecule has 0 aliphatic carbocycles. The minimum atomic E-state index is -0.113.